The summed E-state index contributed by atoms with van der Waals surface area (Å²) in [7, 11) is 2.15. The van der Waals surface area contributed by atoms with Gasteiger partial charge < -0.3 is 19.5 Å². The lowest BCUT2D eigenvalue weighted by Gasteiger charge is -2.31. The fourth-order valence-electron chi connectivity index (χ4n) is 3.29. The standard InChI is InChI=1S/C19H27N3O3S/c1-22(16-6-3-2-4-7-16)10-9-20-19(23)14-24-13-15-12-17(25-21-15)18-8-5-11-26-18/h5,8,11-12,16H,2-4,6-7,9-10,13-14H2,1H3,(H,20,23). The Balaban J connectivity index is 1.29. The van der Waals surface area contributed by atoms with Crippen molar-refractivity contribution in [3.8, 4) is 10.6 Å². The first-order valence-electron chi connectivity index (χ1n) is 9.26. The van der Waals surface area contributed by atoms with Crippen LogP contribution in [0.1, 0.15) is 37.8 Å². The van der Waals surface area contributed by atoms with E-state index in [2.05, 4.69) is 22.4 Å². The van der Waals surface area contributed by atoms with E-state index in [-0.39, 0.29) is 19.1 Å². The number of carbonyl (C=O) groups is 1. The molecule has 2 heterocycles. The number of nitrogens with zero attached hydrogens (tertiary/aromatic N) is 2. The largest absolute Gasteiger partial charge is 0.365 e. The minimum atomic E-state index is -0.0935. The Morgan fingerprint density at radius 3 is 3.04 bits per heavy atom. The van der Waals surface area contributed by atoms with Crippen LogP contribution in [0.3, 0.4) is 0 Å². The quantitative estimate of drug-likeness (QED) is 0.726. The van der Waals surface area contributed by atoms with Crippen LogP contribution in [0, 0.1) is 0 Å². The summed E-state index contributed by atoms with van der Waals surface area (Å²) in [6.07, 6.45) is 6.56. The molecule has 0 atom stereocenters. The van der Waals surface area contributed by atoms with Crippen LogP contribution in [0.25, 0.3) is 10.6 Å². The Kier molecular flexibility index (Phi) is 7.22. The highest BCUT2D eigenvalue weighted by Crippen LogP contribution is 2.25. The molecule has 0 aliphatic heterocycles. The van der Waals surface area contributed by atoms with E-state index in [9.17, 15) is 4.79 Å². The molecule has 1 amide bonds. The second kappa shape index (κ2) is 9.85. The molecule has 0 bridgehead atoms. The Labute approximate surface area is 158 Å². The molecule has 1 aliphatic carbocycles. The minimum absolute atomic E-state index is 0.0360. The summed E-state index contributed by atoms with van der Waals surface area (Å²) in [6, 6.07) is 6.46. The molecule has 6 nitrogen and oxygen atoms in total. The fourth-order valence-corrected chi connectivity index (χ4v) is 3.96. The highest BCUT2D eigenvalue weighted by Gasteiger charge is 2.17. The van der Waals surface area contributed by atoms with Gasteiger partial charge >= 0.3 is 0 Å². The number of aromatic nitrogens is 1. The number of rotatable bonds is 9. The maximum atomic E-state index is 11.9. The van der Waals surface area contributed by atoms with Crippen LogP contribution in [0.2, 0.25) is 0 Å². The van der Waals surface area contributed by atoms with Gasteiger partial charge in [0, 0.05) is 25.2 Å². The van der Waals surface area contributed by atoms with Crippen LogP contribution in [0.4, 0.5) is 0 Å². The van der Waals surface area contributed by atoms with Crippen molar-refractivity contribution in [3.63, 3.8) is 0 Å². The van der Waals surface area contributed by atoms with E-state index in [0.29, 0.717) is 18.3 Å². The van der Waals surface area contributed by atoms with E-state index < -0.39 is 0 Å². The van der Waals surface area contributed by atoms with Gasteiger partial charge in [-0.15, -0.1) is 11.3 Å². The molecule has 0 radical (unpaired) electrons. The third kappa shape index (κ3) is 5.65. The van der Waals surface area contributed by atoms with Crippen molar-refractivity contribution in [2.75, 3.05) is 26.7 Å². The molecule has 1 saturated carbocycles. The minimum Gasteiger partial charge on any atom is -0.365 e. The normalized spacial score (nSPS) is 15.5. The van der Waals surface area contributed by atoms with Crippen LogP contribution in [0.15, 0.2) is 28.1 Å². The summed E-state index contributed by atoms with van der Waals surface area (Å²) < 4.78 is 10.7. The van der Waals surface area contributed by atoms with Crippen molar-refractivity contribution in [2.24, 2.45) is 0 Å². The van der Waals surface area contributed by atoms with E-state index >= 15 is 0 Å². The van der Waals surface area contributed by atoms with E-state index in [1.165, 1.54) is 32.1 Å². The van der Waals surface area contributed by atoms with Gasteiger partial charge in [-0.25, -0.2) is 0 Å². The first-order chi connectivity index (χ1) is 12.7. The Bertz CT molecular complexity index is 665. The van der Waals surface area contributed by atoms with Gasteiger partial charge in [-0.1, -0.05) is 30.5 Å². The topological polar surface area (TPSA) is 67.6 Å². The molecule has 1 N–H and O–H groups in total. The molecule has 142 valence electrons. The fraction of sp³-hybridized carbons (Fsp3) is 0.579. The van der Waals surface area contributed by atoms with Crippen molar-refractivity contribution in [1.29, 1.82) is 0 Å². The zero-order valence-corrected chi connectivity index (χ0v) is 16.1. The number of thiophene rings is 1. The second-order valence-electron chi connectivity index (χ2n) is 6.77. The third-order valence-corrected chi connectivity index (χ3v) is 5.68. The van der Waals surface area contributed by atoms with Crippen molar-refractivity contribution in [2.45, 2.75) is 44.8 Å². The van der Waals surface area contributed by atoms with Gasteiger partial charge in [0.25, 0.3) is 0 Å². The number of carbonyl (C=O) groups excluding carboxylic acids is 1. The number of hydrogen-bond acceptors (Lipinski definition) is 6. The lowest BCUT2D eigenvalue weighted by Crippen LogP contribution is -2.40. The second-order valence-corrected chi connectivity index (χ2v) is 7.72. The zero-order chi connectivity index (χ0) is 18.2. The number of nitrogens with one attached hydrogen (secondary N) is 1. The molecular weight excluding hydrogens is 350 g/mol. The van der Waals surface area contributed by atoms with Crippen LogP contribution < -0.4 is 5.32 Å². The van der Waals surface area contributed by atoms with E-state index in [1.807, 2.05) is 23.6 Å². The van der Waals surface area contributed by atoms with E-state index in [0.717, 1.165) is 17.2 Å². The Morgan fingerprint density at radius 1 is 1.42 bits per heavy atom. The molecule has 26 heavy (non-hydrogen) atoms. The molecule has 1 aliphatic rings. The number of hydrogen-bond donors (Lipinski definition) is 1. The van der Waals surface area contributed by atoms with Gasteiger partial charge in [-0.3, -0.25) is 4.79 Å². The molecule has 7 heteroatoms. The average molecular weight is 378 g/mol. The van der Waals surface area contributed by atoms with Crippen molar-refractivity contribution < 1.29 is 14.1 Å². The summed E-state index contributed by atoms with van der Waals surface area (Å²) in [5, 5.41) is 8.88. The van der Waals surface area contributed by atoms with Gasteiger partial charge in [0.05, 0.1) is 11.5 Å². The van der Waals surface area contributed by atoms with Gasteiger partial charge in [-0.2, -0.15) is 0 Å². The number of amides is 1. The predicted octanol–water partition coefficient (Wildman–Crippen LogP) is 3.30. The molecule has 0 spiro atoms. The Morgan fingerprint density at radius 2 is 2.27 bits per heavy atom. The van der Waals surface area contributed by atoms with Crippen LogP contribution in [0.5, 0.6) is 0 Å². The van der Waals surface area contributed by atoms with Crippen molar-refractivity contribution in [3.05, 3.63) is 29.3 Å². The van der Waals surface area contributed by atoms with E-state index in [4.69, 9.17) is 9.26 Å². The van der Waals surface area contributed by atoms with Crippen molar-refractivity contribution >= 4 is 17.2 Å². The predicted molar refractivity (Wildman–Crippen MR) is 102 cm³/mol. The van der Waals surface area contributed by atoms with Crippen molar-refractivity contribution in [1.82, 2.24) is 15.4 Å². The van der Waals surface area contributed by atoms with Gasteiger partial charge in [0.15, 0.2) is 5.76 Å². The summed E-state index contributed by atoms with van der Waals surface area (Å²) in [5.74, 6) is 0.637. The molecular formula is C19H27N3O3S. The van der Waals surface area contributed by atoms with Crippen LogP contribution >= 0.6 is 11.3 Å². The number of likely N-dealkylation sites (N-methyl/N-ethyl adjacent to an activating group) is 1. The monoisotopic (exact) mass is 377 g/mol. The first kappa shape index (κ1) is 19.1. The molecule has 1 fully saturated rings. The summed E-state index contributed by atoms with van der Waals surface area (Å²) in [6.45, 7) is 1.84. The molecule has 2 aromatic rings. The van der Waals surface area contributed by atoms with Gasteiger partial charge in [-0.05, 0) is 31.3 Å². The van der Waals surface area contributed by atoms with Gasteiger partial charge in [0.1, 0.15) is 12.3 Å². The summed E-state index contributed by atoms with van der Waals surface area (Å²) in [4.78, 5) is 15.3. The zero-order valence-electron chi connectivity index (χ0n) is 15.3. The van der Waals surface area contributed by atoms with Crippen LogP contribution in [-0.4, -0.2) is 48.7 Å². The molecule has 0 aromatic carbocycles. The lowest BCUT2D eigenvalue weighted by molar-refractivity contribution is -0.126. The van der Waals surface area contributed by atoms with E-state index in [1.54, 1.807) is 11.3 Å². The first-order valence-corrected chi connectivity index (χ1v) is 10.1. The van der Waals surface area contributed by atoms with Gasteiger partial charge in [0.2, 0.25) is 5.91 Å². The molecule has 0 saturated heterocycles. The summed E-state index contributed by atoms with van der Waals surface area (Å²) >= 11 is 1.60. The maximum absolute atomic E-state index is 11.9. The number of ether oxygens (including phenoxy) is 1. The molecule has 3 rings (SSSR count). The average Bonchev–Trinajstić information content (AvgIpc) is 3.34. The maximum Gasteiger partial charge on any atom is 0.246 e. The smallest absolute Gasteiger partial charge is 0.246 e. The lowest BCUT2D eigenvalue weighted by atomic mass is 9.94. The highest BCUT2D eigenvalue weighted by molar-refractivity contribution is 7.13. The highest BCUT2D eigenvalue weighted by atomic mass is 32.1. The summed E-state index contributed by atoms with van der Waals surface area (Å²) in [5.41, 5.74) is 0.693. The van der Waals surface area contributed by atoms with Crippen LogP contribution in [-0.2, 0) is 16.1 Å². The Hall–Kier alpha value is -1.70. The molecule has 0 unspecified atom stereocenters. The SMILES string of the molecule is CN(CCNC(=O)COCc1cc(-c2cccs2)on1)C1CCCCC1. The third-order valence-electron chi connectivity index (χ3n) is 4.79. The molecule has 2 aromatic heterocycles.